The fraction of sp³-hybridized carbons (Fsp3) is 0.0833. The van der Waals surface area contributed by atoms with Crippen LogP contribution in [0.3, 0.4) is 0 Å². The van der Waals surface area contributed by atoms with E-state index in [4.69, 9.17) is 4.74 Å². The average Bonchev–Trinajstić information content (AvgIpc) is 2.33. The Balaban J connectivity index is 2.31. The summed E-state index contributed by atoms with van der Waals surface area (Å²) < 4.78 is 56.3. The van der Waals surface area contributed by atoms with Gasteiger partial charge in [-0.3, -0.25) is 0 Å². The van der Waals surface area contributed by atoms with Gasteiger partial charge in [0.25, 0.3) is 0 Å². The van der Waals surface area contributed by atoms with Crippen LogP contribution in [0, 0.1) is 5.82 Å². The lowest BCUT2D eigenvalue weighted by molar-refractivity contribution is -0.141. The van der Waals surface area contributed by atoms with E-state index in [1.54, 1.807) is 0 Å². The van der Waals surface area contributed by atoms with Gasteiger partial charge in [-0.15, -0.1) is 0 Å². The smallest absolute Gasteiger partial charge is 0.433 e. The predicted octanol–water partition coefficient (Wildman–Crippen LogP) is 4.79. The molecule has 0 aliphatic heterocycles. The van der Waals surface area contributed by atoms with Gasteiger partial charge in [0.2, 0.25) is 5.88 Å². The summed E-state index contributed by atoms with van der Waals surface area (Å²) in [6.07, 6.45) is -4.57. The van der Waals surface area contributed by atoms with Crippen molar-refractivity contribution in [2.45, 2.75) is 6.18 Å². The maximum Gasteiger partial charge on any atom is 0.433 e. The van der Waals surface area contributed by atoms with E-state index < -0.39 is 17.7 Å². The van der Waals surface area contributed by atoms with E-state index in [1.165, 1.54) is 18.2 Å². The van der Waals surface area contributed by atoms with Crippen LogP contribution in [0.25, 0.3) is 0 Å². The topological polar surface area (TPSA) is 22.1 Å². The van der Waals surface area contributed by atoms with Crippen molar-refractivity contribution in [2.24, 2.45) is 0 Å². The van der Waals surface area contributed by atoms with Gasteiger partial charge in [0.1, 0.15) is 5.69 Å². The van der Waals surface area contributed by atoms with Gasteiger partial charge in [0.05, 0.1) is 0 Å². The highest BCUT2D eigenvalue weighted by molar-refractivity contribution is 9.10. The molecule has 0 spiro atoms. The number of ether oxygens (including phenoxy) is 1. The fourth-order valence-corrected chi connectivity index (χ4v) is 1.64. The molecular formula is C12H6BrF4NO. The van der Waals surface area contributed by atoms with Crippen LogP contribution in [0.2, 0.25) is 0 Å². The van der Waals surface area contributed by atoms with Gasteiger partial charge < -0.3 is 4.74 Å². The van der Waals surface area contributed by atoms with Crippen LogP contribution in [0.5, 0.6) is 11.6 Å². The molecule has 0 radical (unpaired) electrons. The molecule has 0 aliphatic rings. The molecule has 7 heteroatoms. The summed E-state index contributed by atoms with van der Waals surface area (Å²) in [5.41, 5.74) is -1.10. The standard InChI is InChI=1S/C12H6BrF4NO/c13-7-4-5-8(14)9(6-7)19-11-3-1-2-10(18-11)12(15,16)17/h1-6H. The number of hydrogen-bond acceptors (Lipinski definition) is 2. The third kappa shape index (κ3) is 3.44. The summed E-state index contributed by atoms with van der Waals surface area (Å²) in [7, 11) is 0. The zero-order valence-corrected chi connectivity index (χ0v) is 10.8. The number of halogens is 5. The molecule has 0 saturated carbocycles. The van der Waals surface area contributed by atoms with Crippen molar-refractivity contribution in [3.63, 3.8) is 0 Å². The lowest BCUT2D eigenvalue weighted by Crippen LogP contribution is -2.08. The number of rotatable bonds is 2. The molecule has 0 atom stereocenters. The van der Waals surface area contributed by atoms with Crippen LogP contribution in [0.1, 0.15) is 5.69 Å². The second-order valence-electron chi connectivity index (χ2n) is 3.54. The number of benzene rings is 1. The molecule has 0 bridgehead atoms. The Hall–Kier alpha value is -1.63. The first-order valence-electron chi connectivity index (χ1n) is 5.03. The zero-order chi connectivity index (χ0) is 14.0. The summed E-state index contributed by atoms with van der Waals surface area (Å²) in [6, 6.07) is 7.05. The van der Waals surface area contributed by atoms with Crippen molar-refractivity contribution in [2.75, 3.05) is 0 Å². The Kier molecular flexibility index (Phi) is 3.75. The highest BCUT2D eigenvalue weighted by Gasteiger charge is 2.32. The monoisotopic (exact) mass is 335 g/mol. The summed E-state index contributed by atoms with van der Waals surface area (Å²) in [5.74, 6) is -1.23. The minimum atomic E-state index is -4.57. The van der Waals surface area contributed by atoms with E-state index in [2.05, 4.69) is 20.9 Å². The molecule has 1 aromatic heterocycles. The van der Waals surface area contributed by atoms with Gasteiger partial charge in [-0.05, 0) is 24.3 Å². The third-order valence-electron chi connectivity index (χ3n) is 2.12. The first kappa shape index (κ1) is 13.8. The number of aromatic nitrogens is 1. The third-order valence-corrected chi connectivity index (χ3v) is 2.62. The number of pyridine rings is 1. The molecule has 100 valence electrons. The number of alkyl halides is 3. The molecule has 0 saturated heterocycles. The zero-order valence-electron chi connectivity index (χ0n) is 9.21. The normalized spacial score (nSPS) is 11.4. The Morgan fingerprint density at radius 2 is 1.84 bits per heavy atom. The van der Waals surface area contributed by atoms with Gasteiger partial charge in [-0.2, -0.15) is 13.2 Å². The second kappa shape index (κ2) is 5.16. The first-order valence-corrected chi connectivity index (χ1v) is 5.83. The minimum absolute atomic E-state index is 0.207. The van der Waals surface area contributed by atoms with E-state index in [9.17, 15) is 17.6 Å². The lowest BCUT2D eigenvalue weighted by Gasteiger charge is -2.09. The van der Waals surface area contributed by atoms with E-state index in [0.717, 1.165) is 18.2 Å². The van der Waals surface area contributed by atoms with Crippen LogP contribution >= 0.6 is 15.9 Å². The minimum Gasteiger partial charge on any atom is -0.436 e. The van der Waals surface area contributed by atoms with Crippen molar-refractivity contribution in [1.82, 2.24) is 4.98 Å². The molecule has 19 heavy (non-hydrogen) atoms. The molecule has 1 aromatic carbocycles. The van der Waals surface area contributed by atoms with E-state index in [0.29, 0.717) is 4.47 Å². The fourth-order valence-electron chi connectivity index (χ4n) is 1.30. The maximum absolute atomic E-state index is 13.4. The average molecular weight is 336 g/mol. The molecule has 0 aliphatic carbocycles. The van der Waals surface area contributed by atoms with E-state index >= 15 is 0 Å². The van der Waals surface area contributed by atoms with Crippen molar-refractivity contribution in [3.8, 4) is 11.6 Å². The van der Waals surface area contributed by atoms with Crippen LogP contribution in [-0.4, -0.2) is 4.98 Å². The van der Waals surface area contributed by atoms with Gasteiger partial charge >= 0.3 is 6.18 Å². The van der Waals surface area contributed by atoms with Crippen LogP contribution < -0.4 is 4.74 Å². The second-order valence-corrected chi connectivity index (χ2v) is 4.45. The molecule has 2 nitrogen and oxygen atoms in total. The SMILES string of the molecule is Fc1ccc(Br)cc1Oc1cccc(C(F)(F)F)n1. The van der Waals surface area contributed by atoms with Crippen molar-refractivity contribution < 1.29 is 22.3 Å². The van der Waals surface area contributed by atoms with Crippen LogP contribution in [0.15, 0.2) is 40.9 Å². The van der Waals surface area contributed by atoms with Crippen molar-refractivity contribution in [1.29, 1.82) is 0 Å². The molecule has 1 heterocycles. The number of nitrogens with zero attached hydrogens (tertiary/aromatic N) is 1. The van der Waals surface area contributed by atoms with Crippen molar-refractivity contribution >= 4 is 15.9 Å². The van der Waals surface area contributed by atoms with Crippen molar-refractivity contribution in [3.05, 3.63) is 52.4 Å². The van der Waals surface area contributed by atoms with Crippen LogP contribution in [0.4, 0.5) is 17.6 Å². The van der Waals surface area contributed by atoms with E-state index in [1.807, 2.05) is 0 Å². The Bertz CT molecular complexity index is 601. The molecule has 2 rings (SSSR count). The molecule has 2 aromatic rings. The molecule has 0 N–H and O–H groups in total. The van der Waals surface area contributed by atoms with E-state index in [-0.39, 0.29) is 11.6 Å². The Morgan fingerprint density at radius 3 is 2.53 bits per heavy atom. The number of hydrogen-bond donors (Lipinski definition) is 0. The lowest BCUT2D eigenvalue weighted by atomic mass is 10.3. The van der Waals surface area contributed by atoms with Gasteiger partial charge in [0, 0.05) is 10.5 Å². The highest BCUT2D eigenvalue weighted by Crippen LogP contribution is 2.31. The maximum atomic E-state index is 13.4. The van der Waals surface area contributed by atoms with Gasteiger partial charge in [0.15, 0.2) is 11.6 Å². The Labute approximate surface area is 114 Å². The summed E-state index contributed by atoms with van der Waals surface area (Å²) in [5, 5.41) is 0. The summed E-state index contributed by atoms with van der Waals surface area (Å²) >= 11 is 3.11. The van der Waals surface area contributed by atoms with Crippen LogP contribution in [-0.2, 0) is 6.18 Å². The molecule has 0 fully saturated rings. The summed E-state index contributed by atoms with van der Waals surface area (Å²) in [4.78, 5) is 3.28. The molecule has 0 unspecified atom stereocenters. The molecular weight excluding hydrogens is 330 g/mol. The Morgan fingerprint density at radius 1 is 1.11 bits per heavy atom. The highest BCUT2D eigenvalue weighted by atomic mass is 79.9. The molecule has 0 amide bonds. The quantitative estimate of drug-likeness (QED) is 0.736. The first-order chi connectivity index (χ1) is 8.86. The van der Waals surface area contributed by atoms with Gasteiger partial charge in [-0.1, -0.05) is 22.0 Å². The van der Waals surface area contributed by atoms with Gasteiger partial charge in [-0.25, -0.2) is 9.37 Å². The largest absolute Gasteiger partial charge is 0.436 e. The summed E-state index contributed by atoms with van der Waals surface area (Å²) in [6.45, 7) is 0. The predicted molar refractivity (Wildman–Crippen MR) is 63.4 cm³/mol.